The van der Waals surface area contributed by atoms with Crippen LogP contribution in [-0.4, -0.2) is 39.4 Å². The van der Waals surface area contributed by atoms with E-state index in [1.54, 1.807) is 6.92 Å². The molecule has 4 nitrogen and oxygen atoms in total. The first-order valence-electron chi connectivity index (χ1n) is 11.0. The Morgan fingerprint density at radius 1 is 1.14 bits per heavy atom. The van der Waals surface area contributed by atoms with Gasteiger partial charge in [-0.1, -0.05) is 45.4 Å². The van der Waals surface area contributed by atoms with Crippen LogP contribution in [0.5, 0.6) is 0 Å². The fraction of sp³-hybridized carbons (Fsp3) is 0.955. The quantitative estimate of drug-likeness (QED) is 0.312. The van der Waals surface area contributed by atoms with Gasteiger partial charge in [-0.2, -0.15) is 0 Å². The molecule has 0 aromatic carbocycles. The van der Waals surface area contributed by atoms with Gasteiger partial charge in [-0.05, 0) is 57.8 Å². The van der Waals surface area contributed by atoms with E-state index in [1.807, 2.05) is 0 Å². The zero-order valence-electron chi connectivity index (χ0n) is 17.6. The lowest BCUT2D eigenvalue weighted by atomic mass is 9.70. The molecule has 0 amide bonds. The highest BCUT2D eigenvalue weighted by atomic mass is 19.3. The molecule has 0 heterocycles. The molecule has 4 atom stereocenters. The number of aliphatic carboxylic acids is 1. The van der Waals surface area contributed by atoms with Gasteiger partial charge in [-0.25, -0.2) is 8.78 Å². The summed E-state index contributed by atoms with van der Waals surface area (Å²) in [5.41, 5.74) is -2.15. The zero-order valence-corrected chi connectivity index (χ0v) is 17.6. The number of halogens is 2. The lowest BCUT2D eigenvalue weighted by Gasteiger charge is -2.38. The van der Waals surface area contributed by atoms with E-state index >= 15 is 0 Å². The van der Waals surface area contributed by atoms with Gasteiger partial charge in [0, 0.05) is 11.8 Å². The number of hydrogen-bond donors (Lipinski definition) is 3. The van der Waals surface area contributed by atoms with Gasteiger partial charge >= 0.3 is 5.97 Å². The third kappa shape index (κ3) is 7.94. The Morgan fingerprint density at radius 3 is 2.43 bits per heavy atom. The predicted octanol–water partition coefficient (Wildman–Crippen LogP) is 5.55. The molecule has 0 saturated heterocycles. The predicted molar refractivity (Wildman–Crippen MR) is 107 cm³/mol. The van der Waals surface area contributed by atoms with Gasteiger partial charge in [0.25, 0.3) is 0 Å². The molecular formula is C22H40F2O4. The van der Waals surface area contributed by atoms with E-state index in [4.69, 9.17) is 5.11 Å². The summed E-state index contributed by atoms with van der Waals surface area (Å²) in [6.45, 7) is 3.83. The molecule has 0 bridgehead atoms. The lowest BCUT2D eigenvalue weighted by Crippen LogP contribution is -2.39. The van der Waals surface area contributed by atoms with Crippen molar-refractivity contribution in [2.24, 2.45) is 11.3 Å². The Hall–Kier alpha value is -0.750. The van der Waals surface area contributed by atoms with Crippen molar-refractivity contribution in [3.63, 3.8) is 0 Å². The molecule has 0 aromatic heterocycles. The number of alkyl halides is 2. The second kappa shape index (κ2) is 12.1. The van der Waals surface area contributed by atoms with Gasteiger partial charge < -0.3 is 15.3 Å². The van der Waals surface area contributed by atoms with Crippen LogP contribution in [0.4, 0.5) is 8.78 Å². The van der Waals surface area contributed by atoms with Crippen LogP contribution in [-0.2, 0) is 4.79 Å². The van der Waals surface area contributed by atoms with Crippen molar-refractivity contribution in [1.82, 2.24) is 0 Å². The SMILES string of the molecule is CCCCCC(C)(O)CC[C@]1(C(F)F)CC[C@H](O)[C@@H]1CCCCCCC(=O)O. The molecule has 0 radical (unpaired) electrons. The minimum Gasteiger partial charge on any atom is -0.481 e. The Bertz CT molecular complexity index is 456. The van der Waals surface area contributed by atoms with Crippen LogP contribution in [0, 0.1) is 11.3 Å². The number of carbonyl (C=O) groups is 1. The van der Waals surface area contributed by atoms with Crippen molar-refractivity contribution < 1.29 is 28.9 Å². The number of carboxylic acid groups (broad SMARTS) is 1. The normalized spacial score (nSPS) is 27.2. The molecule has 0 spiro atoms. The van der Waals surface area contributed by atoms with Gasteiger partial charge in [0.2, 0.25) is 6.43 Å². The largest absolute Gasteiger partial charge is 0.481 e. The van der Waals surface area contributed by atoms with Crippen LogP contribution in [0.15, 0.2) is 0 Å². The highest BCUT2D eigenvalue weighted by Crippen LogP contribution is 2.53. The first kappa shape index (κ1) is 25.3. The lowest BCUT2D eigenvalue weighted by molar-refractivity contribution is -0.137. The smallest absolute Gasteiger partial charge is 0.303 e. The molecule has 6 heteroatoms. The minimum atomic E-state index is -2.51. The molecule has 1 fully saturated rings. The summed E-state index contributed by atoms with van der Waals surface area (Å²) >= 11 is 0. The summed E-state index contributed by atoms with van der Waals surface area (Å²) < 4.78 is 28.3. The number of rotatable bonds is 15. The summed E-state index contributed by atoms with van der Waals surface area (Å²) in [6, 6.07) is 0. The van der Waals surface area contributed by atoms with Gasteiger partial charge in [0.05, 0.1) is 11.7 Å². The van der Waals surface area contributed by atoms with E-state index in [0.29, 0.717) is 38.5 Å². The topological polar surface area (TPSA) is 77.8 Å². The first-order chi connectivity index (χ1) is 13.1. The van der Waals surface area contributed by atoms with E-state index in [-0.39, 0.29) is 12.8 Å². The monoisotopic (exact) mass is 406 g/mol. The van der Waals surface area contributed by atoms with Crippen molar-refractivity contribution in [3.8, 4) is 0 Å². The van der Waals surface area contributed by atoms with Crippen molar-refractivity contribution >= 4 is 5.97 Å². The second-order valence-electron chi connectivity index (χ2n) is 9.05. The molecule has 166 valence electrons. The Labute approximate surface area is 168 Å². The van der Waals surface area contributed by atoms with Gasteiger partial charge in [0.1, 0.15) is 0 Å². The Morgan fingerprint density at radius 2 is 1.82 bits per heavy atom. The molecule has 1 unspecified atom stereocenters. The number of aliphatic hydroxyl groups excluding tert-OH is 1. The third-order valence-corrected chi connectivity index (χ3v) is 6.65. The molecule has 1 aliphatic carbocycles. The molecule has 0 aromatic rings. The van der Waals surface area contributed by atoms with Crippen LogP contribution < -0.4 is 0 Å². The summed E-state index contributed by atoms with van der Waals surface area (Å²) in [4.78, 5) is 10.5. The first-order valence-corrected chi connectivity index (χ1v) is 11.0. The minimum absolute atomic E-state index is 0.139. The second-order valence-corrected chi connectivity index (χ2v) is 9.05. The van der Waals surface area contributed by atoms with Crippen molar-refractivity contribution in [2.75, 3.05) is 0 Å². The van der Waals surface area contributed by atoms with Crippen LogP contribution in [0.25, 0.3) is 0 Å². The summed E-state index contributed by atoms with van der Waals surface area (Å²) in [6.07, 6.45) is 5.23. The molecule has 1 aliphatic rings. The Kier molecular flexibility index (Phi) is 10.9. The summed E-state index contributed by atoms with van der Waals surface area (Å²) in [7, 11) is 0. The van der Waals surface area contributed by atoms with Crippen molar-refractivity contribution in [2.45, 2.75) is 122 Å². The van der Waals surface area contributed by atoms with Crippen molar-refractivity contribution in [1.29, 1.82) is 0 Å². The summed E-state index contributed by atoms with van der Waals surface area (Å²) in [5, 5.41) is 29.7. The molecule has 0 aliphatic heterocycles. The maximum atomic E-state index is 14.2. The average molecular weight is 407 g/mol. The Balaban J connectivity index is 2.61. The van der Waals surface area contributed by atoms with E-state index in [0.717, 1.165) is 38.5 Å². The number of hydrogen-bond acceptors (Lipinski definition) is 3. The van der Waals surface area contributed by atoms with Crippen LogP contribution in [0.1, 0.15) is 104 Å². The molecule has 1 rings (SSSR count). The highest BCUT2D eigenvalue weighted by Gasteiger charge is 2.53. The van der Waals surface area contributed by atoms with Crippen LogP contribution in [0.3, 0.4) is 0 Å². The number of aliphatic hydroxyl groups is 2. The zero-order chi connectivity index (χ0) is 21.2. The molecule has 1 saturated carbocycles. The van der Waals surface area contributed by atoms with E-state index in [2.05, 4.69) is 6.92 Å². The number of carboxylic acids is 1. The van der Waals surface area contributed by atoms with Crippen LogP contribution in [0.2, 0.25) is 0 Å². The van der Waals surface area contributed by atoms with Gasteiger partial charge in [-0.3, -0.25) is 4.79 Å². The molecular weight excluding hydrogens is 366 g/mol. The van der Waals surface area contributed by atoms with E-state index in [1.165, 1.54) is 0 Å². The van der Waals surface area contributed by atoms with Crippen molar-refractivity contribution in [3.05, 3.63) is 0 Å². The van der Waals surface area contributed by atoms with Crippen LogP contribution >= 0.6 is 0 Å². The average Bonchev–Trinajstić information content (AvgIpc) is 2.93. The maximum absolute atomic E-state index is 14.2. The third-order valence-electron chi connectivity index (χ3n) is 6.65. The number of unbranched alkanes of at least 4 members (excludes halogenated alkanes) is 5. The van der Waals surface area contributed by atoms with Gasteiger partial charge in [-0.15, -0.1) is 0 Å². The maximum Gasteiger partial charge on any atom is 0.303 e. The highest BCUT2D eigenvalue weighted by molar-refractivity contribution is 5.66. The fourth-order valence-corrected chi connectivity index (χ4v) is 4.73. The standard InChI is InChI=1S/C22H40F2O4/c1-3-4-9-13-21(2,28)15-16-22(20(23)24)14-12-18(25)17(22)10-7-5-6-8-11-19(26)27/h17-18,20,25,28H,3-16H2,1-2H3,(H,26,27)/t17-,18-,21?,22+/m0/s1. The molecule has 28 heavy (non-hydrogen) atoms. The van der Waals surface area contributed by atoms with E-state index < -0.39 is 35.4 Å². The van der Waals surface area contributed by atoms with E-state index in [9.17, 15) is 23.8 Å². The summed E-state index contributed by atoms with van der Waals surface area (Å²) in [5.74, 6) is -1.26. The molecule has 3 N–H and O–H groups in total. The fourth-order valence-electron chi connectivity index (χ4n) is 4.73. The van der Waals surface area contributed by atoms with Gasteiger partial charge in [0.15, 0.2) is 0 Å².